The molecule has 2 rings (SSSR count). The molecule has 8 heteroatoms. The van der Waals surface area contributed by atoms with Crippen molar-refractivity contribution in [2.75, 3.05) is 37.9 Å². The van der Waals surface area contributed by atoms with Crippen molar-refractivity contribution in [3.8, 4) is 11.5 Å². The van der Waals surface area contributed by atoms with E-state index in [1.165, 1.54) is 0 Å². The zero-order valence-electron chi connectivity index (χ0n) is 16.3. The zero-order chi connectivity index (χ0) is 20.6. The first-order valence-electron chi connectivity index (χ1n) is 8.85. The van der Waals surface area contributed by atoms with Gasteiger partial charge < -0.3 is 14.8 Å². The van der Waals surface area contributed by atoms with Gasteiger partial charge in [-0.25, -0.2) is 8.42 Å². The number of amides is 1. The lowest BCUT2D eigenvalue weighted by Crippen LogP contribution is -2.40. The molecule has 0 atom stereocenters. The fourth-order valence-corrected chi connectivity index (χ4v) is 3.59. The van der Waals surface area contributed by atoms with E-state index in [9.17, 15) is 13.2 Å². The van der Waals surface area contributed by atoms with Gasteiger partial charge in [-0.2, -0.15) is 0 Å². The summed E-state index contributed by atoms with van der Waals surface area (Å²) >= 11 is 0. The van der Waals surface area contributed by atoms with Crippen LogP contribution in [-0.4, -0.2) is 47.9 Å². The van der Waals surface area contributed by atoms with E-state index in [1.54, 1.807) is 44.6 Å². The third-order valence-corrected chi connectivity index (χ3v) is 5.28. The molecule has 0 radical (unpaired) electrons. The summed E-state index contributed by atoms with van der Waals surface area (Å²) < 4.78 is 35.6. The highest BCUT2D eigenvalue weighted by Crippen LogP contribution is 2.27. The molecule has 1 N–H and O–H groups in total. The number of aryl methyl sites for hydroxylation is 1. The Bertz CT molecular complexity index is 885. The van der Waals surface area contributed by atoms with E-state index in [0.29, 0.717) is 30.2 Å². The van der Waals surface area contributed by atoms with Gasteiger partial charge >= 0.3 is 0 Å². The van der Waals surface area contributed by atoms with Gasteiger partial charge in [0.2, 0.25) is 15.9 Å². The number of benzene rings is 2. The summed E-state index contributed by atoms with van der Waals surface area (Å²) in [4.78, 5) is 12.2. The van der Waals surface area contributed by atoms with Crippen LogP contribution in [0.25, 0.3) is 0 Å². The van der Waals surface area contributed by atoms with Crippen molar-refractivity contribution in [2.45, 2.75) is 12.8 Å². The fraction of sp³-hybridized carbons (Fsp3) is 0.350. The van der Waals surface area contributed by atoms with Crippen LogP contribution in [0.2, 0.25) is 0 Å². The molecule has 0 aliphatic heterocycles. The quantitative estimate of drug-likeness (QED) is 0.612. The summed E-state index contributed by atoms with van der Waals surface area (Å²) in [6.07, 6.45) is 2.55. The Kier molecular flexibility index (Phi) is 7.69. The van der Waals surface area contributed by atoms with E-state index in [0.717, 1.165) is 22.5 Å². The Hall–Kier alpha value is -2.74. The molecule has 0 bridgehead atoms. The number of rotatable bonds is 10. The van der Waals surface area contributed by atoms with E-state index in [-0.39, 0.29) is 12.5 Å². The van der Waals surface area contributed by atoms with Gasteiger partial charge in [0, 0.05) is 6.54 Å². The minimum Gasteiger partial charge on any atom is -0.493 e. The maximum Gasteiger partial charge on any atom is 0.240 e. The summed E-state index contributed by atoms with van der Waals surface area (Å²) in [6, 6.07) is 14.3. The summed E-state index contributed by atoms with van der Waals surface area (Å²) in [5, 5.41) is 2.78. The molecule has 0 fully saturated rings. The number of para-hydroxylation sites is 1. The number of carbonyl (C=O) groups is 1. The monoisotopic (exact) mass is 406 g/mol. The van der Waals surface area contributed by atoms with Gasteiger partial charge in [0.05, 0.1) is 26.2 Å². The highest BCUT2D eigenvalue weighted by Gasteiger charge is 2.20. The van der Waals surface area contributed by atoms with E-state index in [1.807, 2.05) is 18.2 Å². The molecule has 1 amide bonds. The first-order valence-corrected chi connectivity index (χ1v) is 10.7. The second-order valence-corrected chi connectivity index (χ2v) is 8.15. The van der Waals surface area contributed by atoms with E-state index in [2.05, 4.69) is 5.32 Å². The highest BCUT2D eigenvalue weighted by molar-refractivity contribution is 7.92. The molecule has 0 aliphatic rings. The van der Waals surface area contributed by atoms with Crippen molar-refractivity contribution >= 4 is 21.6 Å². The van der Waals surface area contributed by atoms with Crippen LogP contribution in [0.4, 0.5) is 5.69 Å². The average molecular weight is 407 g/mol. The van der Waals surface area contributed by atoms with E-state index in [4.69, 9.17) is 9.47 Å². The van der Waals surface area contributed by atoms with Crippen LogP contribution >= 0.6 is 0 Å². The lowest BCUT2D eigenvalue weighted by atomic mass is 10.1. The number of nitrogens with one attached hydrogen (secondary N) is 1. The number of hydrogen-bond donors (Lipinski definition) is 1. The lowest BCUT2D eigenvalue weighted by Gasteiger charge is -2.21. The minimum absolute atomic E-state index is 0.251. The first-order chi connectivity index (χ1) is 13.3. The fourth-order valence-electron chi connectivity index (χ4n) is 2.74. The van der Waals surface area contributed by atoms with Crippen molar-refractivity contribution in [3.63, 3.8) is 0 Å². The van der Waals surface area contributed by atoms with Crippen LogP contribution in [0, 0.1) is 0 Å². The van der Waals surface area contributed by atoms with Crippen LogP contribution in [0.5, 0.6) is 11.5 Å². The molecule has 0 aromatic heterocycles. The van der Waals surface area contributed by atoms with Crippen molar-refractivity contribution in [2.24, 2.45) is 0 Å². The second-order valence-electron chi connectivity index (χ2n) is 6.25. The van der Waals surface area contributed by atoms with Crippen molar-refractivity contribution in [1.29, 1.82) is 0 Å². The Morgan fingerprint density at radius 1 is 1.04 bits per heavy atom. The van der Waals surface area contributed by atoms with E-state index < -0.39 is 10.0 Å². The molecule has 0 unspecified atom stereocenters. The Labute approximate surface area is 166 Å². The number of anilines is 1. The number of carbonyl (C=O) groups excluding carboxylic acids is 1. The van der Waals surface area contributed by atoms with Gasteiger partial charge in [-0.3, -0.25) is 9.10 Å². The number of methoxy groups -OCH3 is 2. The van der Waals surface area contributed by atoms with Gasteiger partial charge in [-0.15, -0.1) is 0 Å². The lowest BCUT2D eigenvalue weighted by molar-refractivity contribution is -0.119. The number of sulfonamides is 1. The van der Waals surface area contributed by atoms with Crippen LogP contribution in [0.15, 0.2) is 48.5 Å². The molecule has 2 aromatic rings. The molecule has 28 heavy (non-hydrogen) atoms. The van der Waals surface area contributed by atoms with Crippen LogP contribution in [0.3, 0.4) is 0 Å². The van der Waals surface area contributed by atoms with Crippen LogP contribution in [-0.2, 0) is 21.2 Å². The Morgan fingerprint density at radius 3 is 2.32 bits per heavy atom. The molecule has 0 spiro atoms. The number of ether oxygens (including phenoxy) is 2. The topological polar surface area (TPSA) is 84.9 Å². The molecule has 0 saturated heterocycles. The average Bonchev–Trinajstić information content (AvgIpc) is 2.69. The normalized spacial score (nSPS) is 11.0. The molecular weight excluding hydrogens is 380 g/mol. The highest BCUT2D eigenvalue weighted by atomic mass is 32.2. The van der Waals surface area contributed by atoms with Gasteiger partial charge in [0.25, 0.3) is 0 Å². The zero-order valence-corrected chi connectivity index (χ0v) is 17.2. The van der Waals surface area contributed by atoms with Gasteiger partial charge in [-0.1, -0.05) is 24.3 Å². The maximum atomic E-state index is 12.2. The number of nitrogens with zero attached hydrogens (tertiary/aromatic N) is 1. The SMILES string of the molecule is COc1ccc(CCCNC(=O)CN(c2ccccc2)S(C)(=O)=O)cc1OC. The van der Waals surface area contributed by atoms with Crippen molar-refractivity contribution in [3.05, 3.63) is 54.1 Å². The van der Waals surface area contributed by atoms with E-state index >= 15 is 0 Å². The van der Waals surface area contributed by atoms with Gasteiger partial charge in [0.15, 0.2) is 11.5 Å². The smallest absolute Gasteiger partial charge is 0.240 e. The number of hydrogen-bond acceptors (Lipinski definition) is 5. The summed E-state index contributed by atoms with van der Waals surface area (Å²) in [6.45, 7) is 0.193. The third kappa shape index (κ3) is 6.16. The molecule has 0 heterocycles. The van der Waals surface area contributed by atoms with Crippen molar-refractivity contribution in [1.82, 2.24) is 5.32 Å². The van der Waals surface area contributed by atoms with Gasteiger partial charge in [0.1, 0.15) is 6.54 Å². The van der Waals surface area contributed by atoms with Gasteiger partial charge in [-0.05, 0) is 42.7 Å². The summed E-state index contributed by atoms with van der Waals surface area (Å²) in [7, 11) is -0.383. The largest absolute Gasteiger partial charge is 0.493 e. The maximum absolute atomic E-state index is 12.2. The molecular formula is C20H26N2O5S. The second kappa shape index (κ2) is 9.98. The molecule has 0 aliphatic carbocycles. The first kappa shape index (κ1) is 21.6. The Balaban J connectivity index is 1.86. The summed E-state index contributed by atoms with van der Waals surface area (Å²) in [5.41, 5.74) is 1.53. The molecule has 0 saturated carbocycles. The van der Waals surface area contributed by atoms with Crippen LogP contribution < -0.4 is 19.1 Å². The predicted molar refractivity (Wildman–Crippen MR) is 110 cm³/mol. The third-order valence-electron chi connectivity index (χ3n) is 4.14. The molecule has 152 valence electrons. The summed E-state index contributed by atoms with van der Waals surface area (Å²) in [5.74, 6) is 0.985. The minimum atomic E-state index is -3.55. The molecule has 2 aromatic carbocycles. The molecule has 7 nitrogen and oxygen atoms in total. The predicted octanol–water partition coefficient (Wildman–Crippen LogP) is 2.22. The van der Waals surface area contributed by atoms with Crippen molar-refractivity contribution < 1.29 is 22.7 Å². The van der Waals surface area contributed by atoms with Crippen LogP contribution in [0.1, 0.15) is 12.0 Å². The Morgan fingerprint density at radius 2 is 1.71 bits per heavy atom. The standard InChI is InChI=1S/C20H26N2O5S/c1-26-18-12-11-16(14-19(18)27-2)8-7-13-21-20(23)15-22(28(3,24)25)17-9-5-4-6-10-17/h4-6,9-12,14H,7-8,13,15H2,1-3H3,(H,21,23).